The van der Waals surface area contributed by atoms with Crippen molar-refractivity contribution in [3.63, 3.8) is 0 Å². The molecule has 146 valence electrons. The number of hydrogen-bond donors (Lipinski definition) is 0. The normalized spacial score (nSPS) is 11.0. The van der Waals surface area contributed by atoms with Gasteiger partial charge in [-0.05, 0) is 19.4 Å². The molecule has 2 heterocycles. The molecule has 0 radical (unpaired) electrons. The zero-order chi connectivity index (χ0) is 20.3. The molecule has 0 saturated heterocycles. The molecule has 0 aliphatic heterocycles. The first kappa shape index (κ1) is 19.6. The van der Waals surface area contributed by atoms with Crippen molar-refractivity contribution in [1.82, 2.24) is 9.13 Å². The fourth-order valence-corrected chi connectivity index (χ4v) is 3.49. The number of rotatable bonds is 8. The molecule has 0 bridgehead atoms. The number of aryl methyl sites for hydroxylation is 2. The fourth-order valence-electron chi connectivity index (χ4n) is 3.49. The van der Waals surface area contributed by atoms with Crippen molar-refractivity contribution in [2.75, 3.05) is 6.61 Å². The van der Waals surface area contributed by atoms with Gasteiger partial charge >= 0.3 is 0 Å². The van der Waals surface area contributed by atoms with Crippen molar-refractivity contribution >= 4 is 23.0 Å². The summed E-state index contributed by atoms with van der Waals surface area (Å²) in [6, 6.07) is 10.8. The molecule has 0 atom stereocenters. The van der Waals surface area contributed by atoms with E-state index in [2.05, 4.69) is 0 Å². The number of benzene rings is 1. The molecule has 0 aliphatic carbocycles. The quantitative estimate of drug-likeness (QED) is 0.444. The second-order valence-corrected chi connectivity index (χ2v) is 6.65. The van der Waals surface area contributed by atoms with Gasteiger partial charge in [0.15, 0.2) is 17.8 Å². The van der Waals surface area contributed by atoms with Crippen molar-refractivity contribution in [2.45, 2.75) is 33.2 Å². The van der Waals surface area contributed by atoms with E-state index in [1.165, 1.54) is 4.57 Å². The van der Waals surface area contributed by atoms with Gasteiger partial charge in [0.05, 0.1) is 18.7 Å². The molecule has 3 aromatic rings. The molecule has 0 fully saturated rings. The van der Waals surface area contributed by atoms with Crippen molar-refractivity contribution < 1.29 is 14.3 Å². The van der Waals surface area contributed by atoms with Gasteiger partial charge in [-0.2, -0.15) is 0 Å². The molecule has 0 N–H and O–H groups in total. The summed E-state index contributed by atoms with van der Waals surface area (Å²) in [5.74, 6) is 0.146. The second-order valence-electron chi connectivity index (χ2n) is 6.65. The van der Waals surface area contributed by atoms with Crippen LogP contribution >= 0.6 is 0 Å². The van der Waals surface area contributed by atoms with Gasteiger partial charge in [-0.25, -0.2) is 0 Å². The Balaban J connectivity index is 2.23. The summed E-state index contributed by atoms with van der Waals surface area (Å²) in [7, 11) is 1.74. The fraction of sp³-hybridized carbons (Fsp3) is 0.318. The highest BCUT2D eigenvalue weighted by molar-refractivity contribution is 5.98. The predicted molar refractivity (Wildman–Crippen MR) is 109 cm³/mol. The number of carbonyl (C=O) groups is 2. The molecule has 6 heteroatoms. The SMILES string of the molecule is CCCc1cc2c(c(OCC)c(C=O)n2C)c(=O)n1CC(=O)c1ccccc1. The van der Waals surface area contributed by atoms with E-state index in [1.807, 2.05) is 19.1 Å². The Kier molecular flexibility index (Phi) is 5.78. The van der Waals surface area contributed by atoms with Gasteiger partial charge in [0.1, 0.15) is 11.1 Å². The molecule has 0 unspecified atom stereocenters. The lowest BCUT2D eigenvalue weighted by molar-refractivity contribution is 0.0969. The van der Waals surface area contributed by atoms with Crippen molar-refractivity contribution in [3.8, 4) is 5.75 Å². The number of ether oxygens (including phenoxy) is 1. The molecular weight excluding hydrogens is 356 g/mol. The largest absolute Gasteiger partial charge is 0.491 e. The van der Waals surface area contributed by atoms with Gasteiger partial charge in [-0.1, -0.05) is 43.7 Å². The zero-order valence-corrected chi connectivity index (χ0v) is 16.4. The number of carbonyl (C=O) groups excluding carboxylic acids is 2. The minimum Gasteiger partial charge on any atom is -0.491 e. The monoisotopic (exact) mass is 380 g/mol. The standard InChI is InChI=1S/C22H24N2O4/c1-4-9-16-12-17-20(21(28-5-2)18(14-25)23(17)3)22(27)24(16)13-19(26)15-10-7-6-8-11-15/h6-8,10-12,14H,4-5,9,13H2,1-3H3. The summed E-state index contributed by atoms with van der Waals surface area (Å²) in [6.07, 6.45) is 2.18. The first-order valence-corrected chi connectivity index (χ1v) is 9.44. The van der Waals surface area contributed by atoms with Crippen molar-refractivity contribution in [1.29, 1.82) is 0 Å². The maximum Gasteiger partial charge on any atom is 0.264 e. The van der Waals surface area contributed by atoms with E-state index in [0.717, 1.165) is 12.1 Å². The molecule has 0 aliphatic rings. The number of aldehydes is 1. The third kappa shape index (κ3) is 3.38. The first-order chi connectivity index (χ1) is 13.5. The lowest BCUT2D eigenvalue weighted by Gasteiger charge is -2.13. The van der Waals surface area contributed by atoms with E-state index >= 15 is 0 Å². The Morgan fingerprint density at radius 3 is 2.50 bits per heavy atom. The summed E-state index contributed by atoms with van der Waals surface area (Å²) >= 11 is 0. The molecule has 0 saturated carbocycles. The van der Waals surface area contributed by atoms with Crippen LogP contribution in [0.25, 0.3) is 10.9 Å². The molecule has 0 amide bonds. The van der Waals surface area contributed by atoms with Crippen LogP contribution in [0.4, 0.5) is 0 Å². The minimum absolute atomic E-state index is 0.0506. The zero-order valence-electron chi connectivity index (χ0n) is 16.4. The summed E-state index contributed by atoms with van der Waals surface area (Å²) < 4.78 is 8.83. The van der Waals surface area contributed by atoms with E-state index in [0.29, 0.717) is 41.5 Å². The molecular formula is C22H24N2O4. The number of ketones is 1. The first-order valence-electron chi connectivity index (χ1n) is 9.44. The minimum atomic E-state index is -0.308. The lowest BCUT2D eigenvalue weighted by atomic mass is 10.1. The van der Waals surface area contributed by atoms with Crippen molar-refractivity contribution in [3.05, 3.63) is 63.7 Å². The molecule has 2 aromatic heterocycles. The van der Waals surface area contributed by atoms with Crippen LogP contribution in [0.3, 0.4) is 0 Å². The number of pyridine rings is 1. The van der Waals surface area contributed by atoms with Gasteiger partial charge < -0.3 is 13.9 Å². The van der Waals surface area contributed by atoms with Gasteiger partial charge in [-0.3, -0.25) is 14.4 Å². The van der Waals surface area contributed by atoms with Crippen molar-refractivity contribution in [2.24, 2.45) is 7.05 Å². The third-order valence-corrected chi connectivity index (χ3v) is 4.85. The van der Waals surface area contributed by atoms with Gasteiger partial charge in [0, 0.05) is 18.3 Å². The summed E-state index contributed by atoms with van der Waals surface area (Å²) in [6.45, 7) is 4.10. The molecule has 0 spiro atoms. The highest BCUT2D eigenvalue weighted by Crippen LogP contribution is 2.30. The van der Waals surface area contributed by atoms with Crippen LogP contribution in [-0.4, -0.2) is 27.8 Å². The van der Waals surface area contributed by atoms with Crippen LogP contribution < -0.4 is 10.3 Å². The average molecular weight is 380 g/mol. The van der Waals surface area contributed by atoms with E-state index in [4.69, 9.17) is 4.74 Å². The maximum atomic E-state index is 13.4. The smallest absolute Gasteiger partial charge is 0.264 e. The Bertz CT molecular complexity index is 1080. The van der Waals surface area contributed by atoms with Crippen LogP contribution in [0, 0.1) is 0 Å². The molecule has 1 aromatic carbocycles. The number of aromatic nitrogens is 2. The van der Waals surface area contributed by atoms with Gasteiger partial charge in [-0.15, -0.1) is 0 Å². The molecule has 3 rings (SSSR count). The maximum absolute atomic E-state index is 13.4. The summed E-state index contributed by atoms with van der Waals surface area (Å²) in [5, 5.41) is 0.340. The van der Waals surface area contributed by atoms with E-state index in [1.54, 1.807) is 42.8 Å². The lowest BCUT2D eigenvalue weighted by Crippen LogP contribution is -2.27. The Labute approximate surface area is 163 Å². The van der Waals surface area contributed by atoms with Crippen LogP contribution in [0.2, 0.25) is 0 Å². The number of hydrogen-bond acceptors (Lipinski definition) is 4. The van der Waals surface area contributed by atoms with Crippen LogP contribution in [0.1, 0.15) is 46.8 Å². The van der Waals surface area contributed by atoms with Gasteiger partial charge in [0.25, 0.3) is 5.56 Å². The number of fused-ring (bicyclic) bond motifs is 1. The molecule has 28 heavy (non-hydrogen) atoms. The van der Waals surface area contributed by atoms with Crippen LogP contribution in [-0.2, 0) is 20.0 Å². The molecule has 6 nitrogen and oxygen atoms in total. The Morgan fingerprint density at radius 2 is 1.89 bits per heavy atom. The van der Waals surface area contributed by atoms with E-state index < -0.39 is 0 Å². The van der Waals surface area contributed by atoms with Gasteiger partial charge in [0.2, 0.25) is 0 Å². The average Bonchev–Trinajstić information content (AvgIpc) is 2.97. The van der Waals surface area contributed by atoms with Crippen LogP contribution in [0.15, 0.2) is 41.2 Å². The van der Waals surface area contributed by atoms with E-state index in [-0.39, 0.29) is 23.6 Å². The Morgan fingerprint density at radius 1 is 1.18 bits per heavy atom. The van der Waals surface area contributed by atoms with Crippen LogP contribution in [0.5, 0.6) is 5.75 Å². The summed E-state index contributed by atoms with van der Waals surface area (Å²) in [4.78, 5) is 37.7. The highest BCUT2D eigenvalue weighted by Gasteiger charge is 2.23. The predicted octanol–water partition coefficient (Wildman–Crippen LogP) is 3.39. The second kappa shape index (κ2) is 8.25. The topological polar surface area (TPSA) is 70.3 Å². The Hall–Kier alpha value is -3.15. The third-order valence-electron chi connectivity index (χ3n) is 4.85. The number of Topliss-reactive ketones (excluding diaryl/α,β-unsaturated/α-hetero) is 1. The number of nitrogens with zero attached hydrogens (tertiary/aromatic N) is 2. The van der Waals surface area contributed by atoms with E-state index in [9.17, 15) is 14.4 Å². The summed E-state index contributed by atoms with van der Waals surface area (Å²) in [5.41, 5.74) is 1.98. The highest BCUT2D eigenvalue weighted by atomic mass is 16.5.